The summed E-state index contributed by atoms with van der Waals surface area (Å²) in [6.45, 7) is 0. The van der Waals surface area contributed by atoms with Crippen molar-refractivity contribution in [2.75, 3.05) is 7.05 Å². The average molecular weight is 183 g/mol. The molecule has 0 aromatic carbocycles. The molecular formula is C8H13N3S. The van der Waals surface area contributed by atoms with Crippen molar-refractivity contribution >= 4 is 11.7 Å². The van der Waals surface area contributed by atoms with E-state index in [2.05, 4.69) is 14.1 Å². The molecule has 1 aliphatic carbocycles. The van der Waals surface area contributed by atoms with E-state index in [0.29, 0.717) is 6.04 Å². The molecule has 1 aliphatic rings. The zero-order chi connectivity index (χ0) is 8.39. The predicted molar refractivity (Wildman–Crippen MR) is 49.1 cm³/mol. The zero-order valence-corrected chi connectivity index (χ0v) is 7.97. The Morgan fingerprint density at radius 1 is 1.67 bits per heavy atom. The van der Waals surface area contributed by atoms with Crippen LogP contribution in [-0.4, -0.2) is 15.8 Å². The first-order valence-electron chi connectivity index (χ1n) is 4.36. The molecule has 12 heavy (non-hydrogen) atoms. The van der Waals surface area contributed by atoms with Crippen LogP contribution in [0.25, 0.3) is 0 Å². The van der Waals surface area contributed by atoms with Crippen molar-refractivity contribution in [3.05, 3.63) is 11.9 Å². The summed E-state index contributed by atoms with van der Waals surface area (Å²) in [6, 6.07) is 0.442. The van der Waals surface area contributed by atoms with Gasteiger partial charge in [-0.15, -0.1) is 0 Å². The van der Waals surface area contributed by atoms with Crippen LogP contribution in [0.2, 0.25) is 0 Å². The van der Waals surface area contributed by atoms with Gasteiger partial charge in [0.1, 0.15) is 0 Å². The average Bonchev–Trinajstić information content (AvgIpc) is 2.47. The van der Waals surface area contributed by atoms with Gasteiger partial charge >= 0.3 is 0 Å². The summed E-state index contributed by atoms with van der Waals surface area (Å²) in [5, 5.41) is 3.31. The van der Waals surface area contributed by atoms with Gasteiger partial charge in [-0.3, -0.25) is 0 Å². The molecule has 1 atom stereocenters. The Kier molecular flexibility index (Phi) is 2.37. The van der Waals surface area contributed by atoms with Crippen LogP contribution in [0.3, 0.4) is 0 Å². The van der Waals surface area contributed by atoms with E-state index < -0.39 is 0 Å². The van der Waals surface area contributed by atoms with E-state index >= 15 is 0 Å². The number of hydrogen-bond donors (Lipinski definition) is 1. The van der Waals surface area contributed by atoms with Gasteiger partial charge in [-0.1, -0.05) is 6.42 Å². The molecule has 1 unspecified atom stereocenters. The van der Waals surface area contributed by atoms with Gasteiger partial charge < -0.3 is 5.32 Å². The zero-order valence-electron chi connectivity index (χ0n) is 7.16. The van der Waals surface area contributed by atoms with Crippen molar-refractivity contribution in [1.29, 1.82) is 0 Å². The molecule has 0 radical (unpaired) electrons. The molecular weight excluding hydrogens is 170 g/mol. The lowest BCUT2D eigenvalue weighted by molar-refractivity contribution is 0.237. The summed E-state index contributed by atoms with van der Waals surface area (Å²) in [4.78, 5) is 0. The molecule has 2 rings (SSSR count). The van der Waals surface area contributed by atoms with Gasteiger partial charge in [0.2, 0.25) is 0 Å². The highest BCUT2D eigenvalue weighted by atomic mass is 32.1. The van der Waals surface area contributed by atoms with Gasteiger partial charge in [0.15, 0.2) is 0 Å². The Hall–Kier alpha value is -0.480. The van der Waals surface area contributed by atoms with E-state index in [1.54, 1.807) is 0 Å². The van der Waals surface area contributed by atoms with Crippen molar-refractivity contribution in [2.24, 2.45) is 5.92 Å². The van der Waals surface area contributed by atoms with Crippen LogP contribution >= 0.6 is 11.7 Å². The SMILES string of the molecule is CNC(c1cnsn1)C1CCC1. The molecule has 0 bridgehead atoms. The summed E-state index contributed by atoms with van der Waals surface area (Å²) in [5.41, 5.74) is 1.12. The monoisotopic (exact) mass is 183 g/mol. The topological polar surface area (TPSA) is 37.8 Å². The van der Waals surface area contributed by atoms with Crippen molar-refractivity contribution < 1.29 is 0 Å². The quantitative estimate of drug-likeness (QED) is 0.773. The molecule has 1 heterocycles. The smallest absolute Gasteiger partial charge is 0.0914 e. The van der Waals surface area contributed by atoms with Crippen molar-refractivity contribution in [1.82, 2.24) is 14.1 Å². The minimum absolute atomic E-state index is 0.442. The van der Waals surface area contributed by atoms with Crippen LogP contribution < -0.4 is 5.32 Å². The minimum atomic E-state index is 0.442. The van der Waals surface area contributed by atoms with Crippen LogP contribution in [0.5, 0.6) is 0 Å². The highest BCUT2D eigenvalue weighted by molar-refractivity contribution is 6.99. The number of hydrogen-bond acceptors (Lipinski definition) is 4. The maximum Gasteiger partial charge on any atom is 0.0914 e. The molecule has 0 saturated heterocycles. The fourth-order valence-corrected chi connectivity index (χ4v) is 2.16. The van der Waals surface area contributed by atoms with E-state index in [-0.39, 0.29) is 0 Å². The molecule has 1 aromatic heterocycles. The standard InChI is InChI=1S/C8H13N3S/c1-9-8(6-3-2-4-6)7-5-10-12-11-7/h5-6,8-9H,2-4H2,1H3. The first-order chi connectivity index (χ1) is 5.92. The highest BCUT2D eigenvalue weighted by Gasteiger charge is 2.28. The fraction of sp³-hybridized carbons (Fsp3) is 0.750. The maximum absolute atomic E-state index is 4.26. The van der Waals surface area contributed by atoms with E-state index in [9.17, 15) is 0 Å². The molecule has 66 valence electrons. The Morgan fingerprint density at radius 3 is 2.92 bits per heavy atom. The van der Waals surface area contributed by atoms with Crippen LogP contribution in [0.15, 0.2) is 6.20 Å². The molecule has 1 N–H and O–H groups in total. The summed E-state index contributed by atoms with van der Waals surface area (Å²) in [5.74, 6) is 0.791. The van der Waals surface area contributed by atoms with Crippen molar-refractivity contribution in [3.8, 4) is 0 Å². The lowest BCUT2D eigenvalue weighted by atomic mass is 9.79. The van der Waals surface area contributed by atoms with Gasteiger partial charge in [0.05, 0.1) is 29.7 Å². The lowest BCUT2D eigenvalue weighted by Gasteiger charge is -2.32. The third kappa shape index (κ3) is 1.36. The summed E-state index contributed by atoms with van der Waals surface area (Å²) < 4.78 is 8.28. The third-order valence-electron chi connectivity index (χ3n) is 2.63. The summed E-state index contributed by atoms with van der Waals surface area (Å²) in [7, 11) is 2.00. The van der Waals surface area contributed by atoms with E-state index in [1.807, 2.05) is 13.2 Å². The van der Waals surface area contributed by atoms with Crippen molar-refractivity contribution in [2.45, 2.75) is 25.3 Å². The maximum atomic E-state index is 4.26. The second-order valence-electron chi connectivity index (χ2n) is 3.29. The Balaban J connectivity index is 2.07. The lowest BCUT2D eigenvalue weighted by Crippen LogP contribution is -2.29. The highest BCUT2D eigenvalue weighted by Crippen LogP contribution is 2.36. The number of rotatable bonds is 3. The molecule has 1 aromatic rings. The number of aromatic nitrogens is 2. The second-order valence-corrected chi connectivity index (χ2v) is 3.85. The largest absolute Gasteiger partial charge is 0.311 e. The van der Waals surface area contributed by atoms with Crippen LogP contribution in [-0.2, 0) is 0 Å². The second kappa shape index (κ2) is 3.49. The van der Waals surface area contributed by atoms with E-state index in [4.69, 9.17) is 0 Å². The number of nitrogens with zero attached hydrogens (tertiary/aromatic N) is 2. The minimum Gasteiger partial charge on any atom is -0.311 e. The van der Waals surface area contributed by atoms with E-state index in [0.717, 1.165) is 11.6 Å². The molecule has 0 aliphatic heterocycles. The van der Waals surface area contributed by atoms with Gasteiger partial charge in [-0.2, -0.15) is 8.75 Å². The van der Waals surface area contributed by atoms with E-state index in [1.165, 1.54) is 31.0 Å². The van der Waals surface area contributed by atoms with Gasteiger partial charge in [-0.25, -0.2) is 0 Å². The predicted octanol–water partition coefficient (Wildman–Crippen LogP) is 1.60. The molecule has 0 amide bonds. The van der Waals surface area contributed by atoms with Crippen LogP contribution in [0.4, 0.5) is 0 Å². The molecule has 1 saturated carbocycles. The fourth-order valence-electron chi connectivity index (χ4n) is 1.71. The molecule has 1 fully saturated rings. The van der Waals surface area contributed by atoms with Crippen LogP contribution in [0, 0.1) is 5.92 Å². The molecule has 4 heteroatoms. The van der Waals surface area contributed by atoms with Crippen molar-refractivity contribution in [3.63, 3.8) is 0 Å². The van der Waals surface area contributed by atoms with Gasteiger partial charge in [0, 0.05) is 0 Å². The van der Waals surface area contributed by atoms with Gasteiger partial charge in [-0.05, 0) is 25.8 Å². The first-order valence-corrected chi connectivity index (χ1v) is 5.09. The van der Waals surface area contributed by atoms with Crippen LogP contribution in [0.1, 0.15) is 31.0 Å². The molecule has 3 nitrogen and oxygen atoms in total. The normalized spacial score (nSPS) is 20.4. The summed E-state index contributed by atoms with van der Waals surface area (Å²) in [6.07, 6.45) is 5.93. The summed E-state index contributed by atoms with van der Waals surface area (Å²) >= 11 is 1.30. The molecule has 0 spiro atoms. The van der Waals surface area contributed by atoms with Gasteiger partial charge in [0.25, 0.3) is 0 Å². The Labute approximate surface area is 76.5 Å². The Bertz CT molecular complexity index is 230. The first kappa shape index (κ1) is 8.13. The Morgan fingerprint density at radius 2 is 2.50 bits per heavy atom. The third-order valence-corrected chi connectivity index (χ3v) is 3.12. The number of nitrogens with one attached hydrogen (secondary N) is 1.